The average molecular weight is 916 g/mol. The molecule has 2 unspecified atom stereocenters. The molecule has 0 aliphatic heterocycles. The predicted octanol–water partition coefficient (Wildman–Crippen LogP) is 11.7. The van der Waals surface area contributed by atoms with Crippen molar-refractivity contribution in [2.24, 2.45) is 5.92 Å². The van der Waals surface area contributed by atoms with E-state index in [-0.39, 0.29) is 11.3 Å². The molecule has 2 atom stereocenters. The number of rotatable bonds is 28. The first kappa shape index (κ1) is 54.1. The van der Waals surface area contributed by atoms with Gasteiger partial charge >= 0.3 is 23.9 Å². The first-order valence-electron chi connectivity index (χ1n) is 22.7. The summed E-state index contributed by atoms with van der Waals surface area (Å²) in [6.07, 6.45) is 16.2. The molecule has 4 aromatic carbocycles. The van der Waals surface area contributed by atoms with E-state index >= 15 is 0 Å². The van der Waals surface area contributed by atoms with Crippen molar-refractivity contribution in [3.63, 3.8) is 0 Å². The summed E-state index contributed by atoms with van der Waals surface area (Å²) in [4.78, 5) is 61.9. The Bertz CT molecular complexity index is 2400. The maximum absolute atomic E-state index is 13.7. The Labute approximate surface area is 395 Å². The highest BCUT2D eigenvalue weighted by Gasteiger charge is 2.38. The maximum atomic E-state index is 13.7. The maximum Gasteiger partial charge on any atom is 0.343 e. The second-order valence-electron chi connectivity index (χ2n) is 15.3. The summed E-state index contributed by atoms with van der Waals surface area (Å²) in [5.41, 5.74) is -0.717. The zero-order valence-electron chi connectivity index (χ0n) is 39.4. The van der Waals surface area contributed by atoms with E-state index in [1.54, 1.807) is 44.2 Å². The van der Waals surface area contributed by atoms with E-state index in [9.17, 15) is 24.0 Å². The van der Waals surface area contributed by atoms with E-state index in [1.807, 2.05) is 62.4 Å². The van der Waals surface area contributed by atoms with E-state index in [1.165, 1.54) is 18.4 Å². The van der Waals surface area contributed by atoms with Crippen molar-refractivity contribution >= 4 is 51.3 Å². The lowest BCUT2D eigenvalue weighted by molar-refractivity contribution is -0.138. The van der Waals surface area contributed by atoms with E-state index in [0.717, 1.165) is 91.1 Å². The number of hydrogen-bond donors (Lipinski definition) is 1. The second-order valence-corrected chi connectivity index (χ2v) is 15.3. The molecule has 0 heterocycles. The number of fused-ring (bicyclic) bond motifs is 2. The predicted molar refractivity (Wildman–Crippen MR) is 264 cm³/mol. The summed E-state index contributed by atoms with van der Waals surface area (Å²) >= 11 is 0. The molecule has 0 spiro atoms. The van der Waals surface area contributed by atoms with Crippen LogP contribution in [0.3, 0.4) is 0 Å². The molecule has 0 aromatic heterocycles. The third-order valence-electron chi connectivity index (χ3n) is 10.5. The Balaban J connectivity index is 0.00000587. The fraction of sp³-hybridized carbons (Fsp3) is 0.327. The van der Waals surface area contributed by atoms with Crippen molar-refractivity contribution in [3.05, 3.63) is 159 Å². The number of carbonyl (C=O) groups is 5. The standard InChI is InChI=1S/C53H59NO11.C2H6/c1-7-19-47(65-52(59)44-23-21-42-37-46(27-25-40(42)35-44)61-30-16-12-14-18-32-63-50(57)10-4)53(6,54-48(55)8-2)38(5)28-33-64-51(58)43-22-20-41-36-45(26-24-39(41)34-43)60-29-15-11-13-17-31-62-49(56)9-3;1-2/h7-10,19-28,33-38H,1-4,11-18,29-32H2,5-6H3,(H,54,55);1-2H3/b33-28+,47-19+;. The van der Waals surface area contributed by atoms with Crippen LogP contribution in [0.15, 0.2) is 148 Å². The van der Waals surface area contributed by atoms with Crippen molar-refractivity contribution in [3.8, 4) is 11.5 Å². The molecule has 1 amide bonds. The lowest BCUT2D eigenvalue weighted by atomic mass is 9.84. The molecule has 0 bridgehead atoms. The van der Waals surface area contributed by atoms with Gasteiger partial charge in [-0.05, 0) is 147 Å². The molecule has 1 N–H and O–H groups in total. The van der Waals surface area contributed by atoms with Crippen LogP contribution >= 0.6 is 0 Å². The molecular weight excluding hydrogens is 851 g/mol. The van der Waals surface area contributed by atoms with Crippen LogP contribution in [-0.4, -0.2) is 61.8 Å². The number of benzene rings is 4. The third-order valence-corrected chi connectivity index (χ3v) is 10.5. The number of unbranched alkanes of at least 4 members (excludes halogenated alkanes) is 6. The number of carbonyl (C=O) groups excluding carboxylic acids is 5. The van der Waals surface area contributed by atoms with Gasteiger partial charge in [-0.2, -0.15) is 0 Å². The van der Waals surface area contributed by atoms with Crippen molar-refractivity contribution in [2.45, 2.75) is 84.6 Å². The Morgan fingerprint density at radius 3 is 1.51 bits per heavy atom. The van der Waals surface area contributed by atoms with Gasteiger partial charge in [0.2, 0.25) is 5.91 Å². The smallest absolute Gasteiger partial charge is 0.343 e. The zero-order valence-corrected chi connectivity index (χ0v) is 39.4. The molecule has 12 heteroatoms. The molecule has 356 valence electrons. The van der Waals surface area contributed by atoms with Crippen molar-refractivity contribution in [1.82, 2.24) is 5.32 Å². The van der Waals surface area contributed by atoms with E-state index in [0.29, 0.717) is 43.5 Å². The Hall–Kier alpha value is -7.21. The number of amides is 1. The fourth-order valence-corrected chi connectivity index (χ4v) is 6.61. The minimum Gasteiger partial charge on any atom is -0.494 e. The molecule has 67 heavy (non-hydrogen) atoms. The van der Waals surface area contributed by atoms with Crippen LogP contribution in [0.2, 0.25) is 0 Å². The van der Waals surface area contributed by atoms with E-state index < -0.39 is 41.2 Å². The van der Waals surface area contributed by atoms with Gasteiger partial charge in [-0.3, -0.25) is 4.79 Å². The second kappa shape index (κ2) is 29.4. The highest BCUT2D eigenvalue weighted by atomic mass is 16.5. The van der Waals surface area contributed by atoms with Crippen LogP contribution in [0.4, 0.5) is 0 Å². The minimum absolute atomic E-state index is 0.0967. The SMILES string of the molecule is C=C/C=C(/OC(=O)c1ccc2cc(OCCCCCCOC(=O)C=C)ccc2c1)C(C)(NC(=O)C=C)C(C)/C=C/OC(=O)c1ccc2cc(OCCCCCCOC(=O)C=C)ccc2c1.CC. The first-order valence-corrected chi connectivity index (χ1v) is 22.7. The summed E-state index contributed by atoms with van der Waals surface area (Å²) in [6.45, 7) is 23.4. The number of esters is 4. The van der Waals surface area contributed by atoms with Crippen molar-refractivity contribution in [2.75, 3.05) is 26.4 Å². The summed E-state index contributed by atoms with van der Waals surface area (Å²) in [7, 11) is 0. The van der Waals surface area contributed by atoms with Crippen molar-refractivity contribution in [1.29, 1.82) is 0 Å². The molecule has 0 saturated heterocycles. The van der Waals surface area contributed by atoms with Gasteiger partial charge in [0.15, 0.2) is 0 Å². The van der Waals surface area contributed by atoms with Gasteiger partial charge in [0.05, 0.1) is 43.8 Å². The molecule has 0 aliphatic carbocycles. The quantitative estimate of drug-likeness (QED) is 0.0145. The first-order chi connectivity index (χ1) is 32.4. The number of hydrogen-bond acceptors (Lipinski definition) is 11. The Kier molecular flexibility index (Phi) is 23.7. The molecule has 12 nitrogen and oxygen atoms in total. The lowest BCUT2D eigenvalue weighted by Gasteiger charge is -2.36. The molecule has 0 fully saturated rings. The van der Waals surface area contributed by atoms with Crippen LogP contribution in [0, 0.1) is 5.92 Å². The van der Waals surface area contributed by atoms with Crippen LogP contribution in [0.1, 0.15) is 99.8 Å². The van der Waals surface area contributed by atoms with E-state index in [4.69, 9.17) is 28.4 Å². The summed E-state index contributed by atoms with van der Waals surface area (Å²) in [5, 5.41) is 6.26. The Morgan fingerprint density at radius 1 is 0.597 bits per heavy atom. The topological polar surface area (TPSA) is 153 Å². The largest absolute Gasteiger partial charge is 0.494 e. The van der Waals surface area contributed by atoms with Gasteiger partial charge in [0, 0.05) is 18.1 Å². The third kappa shape index (κ3) is 17.9. The monoisotopic (exact) mass is 915 g/mol. The van der Waals surface area contributed by atoms with Gasteiger partial charge in [0.25, 0.3) is 0 Å². The molecule has 0 saturated carbocycles. The summed E-state index contributed by atoms with van der Waals surface area (Å²) in [6, 6.07) is 21.6. The van der Waals surface area contributed by atoms with Gasteiger partial charge in [-0.1, -0.05) is 77.4 Å². The van der Waals surface area contributed by atoms with Gasteiger partial charge in [-0.25, -0.2) is 19.2 Å². The molecular formula is C55H65NO11. The summed E-state index contributed by atoms with van der Waals surface area (Å²) in [5.74, 6) is -1.67. The number of ether oxygens (including phenoxy) is 6. The minimum atomic E-state index is -1.33. The molecule has 0 aliphatic rings. The molecule has 0 radical (unpaired) electrons. The number of allylic oxidation sites excluding steroid dienone is 2. The van der Waals surface area contributed by atoms with E-state index in [2.05, 4.69) is 31.6 Å². The van der Waals surface area contributed by atoms with Crippen LogP contribution in [0.5, 0.6) is 11.5 Å². The lowest BCUT2D eigenvalue weighted by Crippen LogP contribution is -2.52. The van der Waals surface area contributed by atoms with Crippen LogP contribution in [-0.2, 0) is 33.3 Å². The Morgan fingerprint density at radius 2 is 1.04 bits per heavy atom. The number of nitrogens with one attached hydrogen (secondary N) is 1. The van der Waals surface area contributed by atoms with Crippen LogP contribution < -0.4 is 14.8 Å². The zero-order chi connectivity index (χ0) is 49.0. The van der Waals surface area contributed by atoms with Gasteiger partial charge < -0.3 is 33.7 Å². The normalized spacial score (nSPS) is 12.3. The van der Waals surface area contributed by atoms with Crippen LogP contribution in [0.25, 0.3) is 21.5 Å². The van der Waals surface area contributed by atoms with Gasteiger partial charge in [0.1, 0.15) is 22.8 Å². The highest BCUT2D eigenvalue weighted by molar-refractivity contribution is 5.97. The summed E-state index contributed by atoms with van der Waals surface area (Å²) < 4.78 is 33.4. The molecule has 4 rings (SSSR count). The molecule has 4 aromatic rings. The average Bonchev–Trinajstić information content (AvgIpc) is 3.35. The fourth-order valence-electron chi connectivity index (χ4n) is 6.61. The van der Waals surface area contributed by atoms with Gasteiger partial charge in [-0.15, -0.1) is 0 Å². The van der Waals surface area contributed by atoms with Crippen molar-refractivity contribution < 1.29 is 52.4 Å². The highest BCUT2D eigenvalue weighted by Crippen LogP contribution is 2.31.